The average molecular weight is 252 g/mol. The van der Waals surface area contributed by atoms with Crippen molar-refractivity contribution in [3.8, 4) is 5.75 Å². The highest BCUT2D eigenvalue weighted by Gasteiger charge is 2.04. The Morgan fingerprint density at radius 1 is 1.22 bits per heavy atom. The van der Waals surface area contributed by atoms with Crippen LogP contribution in [0, 0.1) is 0 Å². The SMILES string of the molecule is CCCCOCCOc1ccc([C@H](N)CC)nc1. The lowest BCUT2D eigenvalue weighted by Crippen LogP contribution is -2.11. The minimum absolute atomic E-state index is 0.0106. The third-order valence-corrected chi connectivity index (χ3v) is 2.72. The van der Waals surface area contributed by atoms with E-state index in [4.69, 9.17) is 15.2 Å². The number of unbranched alkanes of at least 4 members (excludes halogenated alkanes) is 1. The van der Waals surface area contributed by atoms with Crippen LogP contribution >= 0.6 is 0 Å². The van der Waals surface area contributed by atoms with E-state index in [0.717, 1.165) is 37.3 Å². The van der Waals surface area contributed by atoms with Gasteiger partial charge in [0.15, 0.2) is 0 Å². The second kappa shape index (κ2) is 8.89. The molecule has 0 spiro atoms. The summed E-state index contributed by atoms with van der Waals surface area (Å²) in [5.41, 5.74) is 6.80. The van der Waals surface area contributed by atoms with Crippen molar-refractivity contribution in [3.63, 3.8) is 0 Å². The van der Waals surface area contributed by atoms with Gasteiger partial charge in [0.1, 0.15) is 12.4 Å². The molecule has 1 atom stereocenters. The van der Waals surface area contributed by atoms with Crippen LogP contribution in [-0.4, -0.2) is 24.8 Å². The van der Waals surface area contributed by atoms with Crippen LogP contribution in [0.3, 0.4) is 0 Å². The zero-order valence-electron chi connectivity index (χ0n) is 11.4. The van der Waals surface area contributed by atoms with Gasteiger partial charge in [-0.3, -0.25) is 4.98 Å². The quantitative estimate of drug-likeness (QED) is 0.686. The molecule has 0 saturated carbocycles. The molecule has 0 aliphatic carbocycles. The minimum atomic E-state index is 0.0106. The third kappa shape index (κ3) is 5.47. The van der Waals surface area contributed by atoms with Gasteiger partial charge >= 0.3 is 0 Å². The standard InChI is InChI=1S/C14H24N2O2/c1-3-5-8-17-9-10-18-12-6-7-14(16-11-12)13(15)4-2/h6-7,11,13H,3-5,8-10,15H2,1-2H3/t13-/m1/s1. The summed E-state index contributed by atoms with van der Waals surface area (Å²) >= 11 is 0. The molecule has 0 unspecified atom stereocenters. The van der Waals surface area contributed by atoms with E-state index in [1.165, 1.54) is 0 Å². The van der Waals surface area contributed by atoms with E-state index in [9.17, 15) is 0 Å². The molecule has 102 valence electrons. The van der Waals surface area contributed by atoms with Gasteiger partial charge in [0.25, 0.3) is 0 Å². The number of pyridine rings is 1. The van der Waals surface area contributed by atoms with Gasteiger partial charge in [-0.25, -0.2) is 0 Å². The normalized spacial score (nSPS) is 12.4. The van der Waals surface area contributed by atoms with Crippen molar-refractivity contribution in [2.24, 2.45) is 5.73 Å². The number of aromatic nitrogens is 1. The number of nitrogens with two attached hydrogens (primary N) is 1. The molecule has 0 aromatic carbocycles. The summed E-state index contributed by atoms with van der Waals surface area (Å²) in [4.78, 5) is 4.29. The number of hydrogen-bond donors (Lipinski definition) is 1. The van der Waals surface area contributed by atoms with Gasteiger partial charge in [0, 0.05) is 12.6 Å². The Hall–Kier alpha value is -1.13. The molecule has 0 aliphatic rings. The van der Waals surface area contributed by atoms with Gasteiger partial charge in [-0.1, -0.05) is 20.3 Å². The second-order valence-electron chi connectivity index (χ2n) is 4.25. The van der Waals surface area contributed by atoms with Crippen molar-refractivity contribution >= 4 is 0 Å². The van der Waals surface area contributed by atoms with Crippen LogP contribution < -0.4 is 10.5 Å². The van der Waals surface area contributed by atoms with Crippen molar-refractivity contribution in [3.05, 3.63) is 24.0 Å². The van der Waals surface area contributed by atoms with Crippen molar-refractivity contribution in [2.45, 2.75) is 39.2 Å². The first-order chi connectivity index (χ1) is 8.77. The Labute approximate surface area is 110 Å². The molecule has 18 heavy (non-hydrogen) atoms. The van der Waals surface area contributed by atoms with E-state index >= 15 is 0 Å². The molecule has 1 heterocycles. The Kier molecular flexibility index (Phi) is 7.37. The molecule has 4 nitrogen and oxygen atoms in total. The molecule has 0 fully saturated rings. The predicted octanol–water partition coefficient (Wildman–Crippen LogP) is 2.69. The number of rotatable bonds is 9. The van der Waals surface area contributed by atoms with Gasteiger partial charge in [0.05, 0.1) is 18.5 Å². The van der Waals surface area contributed by atoms with Crippen LogP contribution in [0.5, 0.6) is 5.75 Å². The van der Waals surface area contributed by atoms with E-state index in [0.29, 0.717) is 13.2 Å². The Balaban J connectivity index is 2.22. The molecular weight excluding hydrogens is 228 g/mol. The molecule has 0 radical (unpaired) electrons. The van der Waals surface area contributed by atoms with Gasteiger partial charge in [-0.2, -0.15) is 0 Å². The molecule has 1 rings (SSSR count). The molecule has 1 aromatic rings. The Morgan fingerprint density at radius 2 is 2.06 bits per heavy atom. The summed E-state index contributed by atoms with van der Waals surface area (Å²) in [5.74, 6) is 0.765. The number of nitrogens with zero attached hydrogens (tertiary/aromatic N) is 1. The van der Waals surface area contributed by atoms with Crippen LogP contribution in [-0.2, 0) is 4.74 Å². The highest BCUT2D eigenvalue weighted by Crippen LogP contribution is 2.14. The molecule has 4 heteroatoms. The van der Waals surface area contributed by atoms with Crippen molar-refractivity contribution in [1.29, 1.82) is 0 Å². The largest absolute Gasteiger partial charge is 0.490 e. The van der Waals surface area contributed by atoms with Crippen LogP contribution in [0.2, 0.25) is 0 Å². The van der Waals surface area contributed by atoms with Gasteiger partial charge in [-0.05, 0) is 25.0 Å². The summed E-state index contributed by atoms with van der Waals surface area (Å²) < 4.78 is 10.9. The van der Waals surface area contributed by atoms with Crippen molar-refractivity contribution in [1.82, 2.24) is 4.98 Å². The maximum absolute atomic E-state index is 5.89. The molecule has 0 saturated heterocycles. The third-order valence-electron chi connectivity index (χ3n) is 2.72. The zero-order valence-corrected chi connectivity index (χ0v) is 11.4. The second-order valence-corrected chi connectivity index (χ2v) is 4.25. The monoisotopic (exact) mass is 252 g/mol. The van der Waals surface area contributed by atoms with Crippen LogP contribution in [0.15, 0.2) is 18.3 Å². The van der Waals surface area contributed by atoms with Crippen molar-refractivity contribution < 1.29 is 9.47 Å². The molecule has 0 amide bonds. The van der Waals surface area contributed by atoms with E-state index in [1.807, 2.05) is 19.1 Å². The van der Waals surface area contributed by atoms with Crippen LogP contribution in [0.1, 0.15) is 44.8 Å². The molecule has 0 bridgehead atoms. The summed E-state index contributed by atoms with van der Waals surface area (Å²) in [5, 5.41) is 0. The Bertz CT molecular complexity index is 314. The lowest BCUT2D eigenvalue weighted by molar-refractivity contribution is 0.0979. The van der Waals surface area contributed by atoms with E-state index in [1.54, 1.807) is 6.20 Å². The summed E-state index contributed by atoms with van der Waals surface area (Å²) in [6.07, 6.45) is 4.87. The number of hydrogen-bond acceptors (Lipinski definition) is 4. The molecule has 2 N–H and O–H groups in total. The van der Waals surface area contributed by atoms with E-state index < -0.39 is 0 Å². The maximum atomic E-state index is 5.89. The fourth-order valence-corrected chi connectivity index (χ4v) is 1.47. The van der Waals surface area contributed by atoms with Crippen LogP contribution in [0.4, 0.5) is 0 Å². The van der Waals surface area contributed by atoms with Gasteiger partial charge < -0.3 is 15.2 Å². The molecule has 1 aromatic heterocycles. The molecular formula is C14H24N2O2. The van der Waals surface area contributed by atoms with Crippen molar-refractivity contribution in [2.75, 3.05) is 19.8 Å². The fraction of sp³-hybridized carbons (Fsp3) is 0.643. The highest BCUT2D eigenvalue weighted by atomic mass is 16.5. The lowest BCUT2D eigenvalue weighted by Gasteiger charge is -2.10. The summed E-state index contributed by atoms with van der Waals surface area (Å²) in [6, 6.07) is 3.84. The van der Waals surface area contributed by atoms with E-state index in [2.05, 4.69) is 11.9 Å². The highest BCUT2D eigenvalue weighted by molar-refractivity contribution is 5.21. The van der Waals surface area contributed by atoms with E-state index in [-0.39, 0.29) is 6.04 Å². The van der Waals surface area contributed by atoms with Gasteiger partial charge in [-0.15, -0.1) is 0 Å². The average Bonchev–Trinajstić information content (AvgIpc) is 2.42. The smallest absolute Gasteiger partial charge is 0.137 e. The summed E-state index contributed by atoms with van der Waals surface area (Å²) in [6.45, 7) is 6.18. The minimum Gasteiger partial charge on any atom is -0.490 e. The first kappa shape index (κ1) is 14.9. The van der Waals surface area contributed by atoms with Gasteiger partial charge in [0.2, 0.25) is 0 Å². The molecule has 0 aliphatic heterocycles. The first-order valence-electron chi connectivity index (χ1n) is 6.70. The predicted molar refractivity (Wildman–Crippen MR) is 72.7 cm³/mol. The van der Waals surface area contributed by atoms with Crippen LogP contribution in [0.25, 0.3) is 0 Å². The first-order valence-corrected chi connectivity index (χ1v) is 6.70. The maximum Gasteiger partial charge on any atom is 0.137 e. The lowest BCUT2D eigenvalue weighted by atomic mass is 10.1. The fourth-order valence-electron chi connectivity index (χ4n) is 1.47. The summed E-state index contributed by atoms with van der Waals surface area (Å²) in [7, 11) is 0. The zero-order chi connectivity index (χ0) is 13.2. The Morgan fingerprint density at radius 3 is 2.67 bits per heavy atom. The topological polar surface area (TPSA) is 57.4 Å². The number of ether oxygens (including phenoxy) is 2.